The zero-order chi connectivity index (χ0) is 15.1. The average Bonchev–Trinajstić information content (AvgIpc) is 2.59. The molecule has 7 heteroatoms. The van der Waals surface area contributed by atoms with Crippen LogP contribution in [-0.2, 0) is 9.59 Å². The number of halogens is 3. The molecule has 19 heavy (non-hydrogen) atoms. The summed E-state index contributed by atoms with van der Waals surface area (Å²) in [5, 5.41) is 9.13. The minimum Gasteiger partial charge on any atom is -0.480 e. The lowest BCUT2D eigenvalue weighted by Gasteiger charge is -2.34. The molecule has 1 amide bonds. The fourth-order valence-electron chi connectivity index (χ4n) is 2.16. The molecule has 1 N–H and O–H groups in total. The Morgan fingerprint density at radius 3 is 2.26 bits per heavy atom. The van der Waals surface area contributed by atoms with Gasteiger partial charge in [0.15, 0.2) is 0 Å². The minimum atomic E-state index is -4.50. The first-order valence-corrected chi connectivity index (χ1v) is 6.02. The van der Waals surface area contributed by atoms with E-state index < -0.39 is 35.4 Å². The number of hydrogen-bond donors (Lipinski definition) is 1. The Kier molecular flexibility index (Phi) is 3.89. The predicted molar refractivity (Wildman–Crippen MR) is 61.4 cm³/mol. The van der Waals surface area contributed by atoms with Gasteiger partial charge in [0.2, 0.25) is 5.91 Å². The van der Waals surface area contributed by atoms with Crippen molar-refractivity contribution in [1.82, 2.24) is 4.90 Å². The Labute approximate surface area is 109 Å². The molecule has 0 spiro atoms. The molecule has 0 saturated carbocycles. The van der Waals surface area contributed by atoms with Crippen LogP contribution in [0.3, 0.4) is 0 Å². The maximum atomic E-state index is 12.7. The highest BCUT2D eigenvalue weighted by atomic mass is 19.4. The third-order valence-corrected chi connectivity index (χ3v) is 3.76. The van der Waals surface area contributed by atoms with Crippen LogP contribution in [0, 0.1) is 5.41 Å². The summed E-state index contributed by atoms with van der Waals surface area (Å²) in [5.41, 5.74) is -3.55. The summed E-state index contributed by atoms with van der Waals surface area (Å²) in [6.07, 6.45) is -4.48. The summed E-state index contributed by atoms with van der Waals surface area (Å²) in [6.45, 7) is 3.45. The zero-order valence-corrected chi connectivity index (χ0v) is 11.2. The van der Waals surface area contributed by atoms with E-state index in [-0.39, 0.29) is 13.0 Å². The lowest BCUT2D eigenvalue weighted by Crippen LogP contribution is -2.52. The van der Waals surface area contributed by atoms with Gasteiger partial charge < -0.3 is 10.0 Å². The Morgan fingerprint density at radius 2 is 1.84 bits per heavy atom. The van der Waals surface area contributed by atoms with Crippen LogP contribution in [-0.4, -0.2) is 40.1 Å². The van der Waals surface area contributed by atoms with E-state index in [0.717, 1.165) is 18.7 Å². The molecule has 4 nitrogen and oxygen atoms in total. The smallest absolute Gasteiger partial charge is 0.394 e. The lowest BCUT2D eigenvalue weighted by molar-refractivity contribution is -0.215. The van der Waals surface area contributed by atoms with Crippen LogP contribution in [0.5, 0.6) is 0 Å². The van der Waals surface area contributed by atoms with E-state index in [1.54, 1.807) is 0 Å². The van der Waals surface area contributed by atoms with E-state index >= 15 is 0 Å². The fourth-order valence-corrected chi connectivity index (χ4v) is 2.16. The molecule has 1 aliphatic heterocycles. The molecule has 110 valence electrons. The van der Waals surface area contributed by atoms with Gasteiger partial charge in [-0.1, -0.05) is 13.8 Å². The Balaban J connectivity index is 2.88. The summed E-state index contributed by atoms with van der Waals surface area (Å²) in [5.74, 6) is -1.94. The van der Waals surface area contributed by atoms with Gasteiger partial charge in [-0.2, -0.15) is 13.2 Å². The molecule has 0 aromatic carbocycles. The van der Waals surface area contributed by atoms with Crippen LogP contribution in [0.4, 0.5) is 13.2 Å². The monoisotopic (exact) mass is 281 g/mol. The molecule has 0 aromatic heterocycles. The number of rotatable bonds is 3. The van der Waals surface area contributed by atoms with Crippen molar-refractivity contribution in [2.45, 2.75) is 51.7 Å². The second-order valence-corrected chi connectivity index (χ2v) is 5.79. The predicted octanol–water partition coefficient (Wildman–Crippen LogP) is 2.43. The first-order valence-electron chi connectivity index (χ1n) is 6.02. The SMILES string of the molecule is CC1(C(=O)O)CCCN1C(=O)CC(C)(C)C(F)(F)F. The number of carbonyl (C=O) groups excluding carboxylic acids is 1. The molecule has 1 unspecified atom stereocenters. The lowest BCUT2D eigenvalue weighted by atomic mass is 9.87. The molecule has 1 atom stereocenters. The molecule has 0 radical (unpaired) electrons. The van der Waals surface area contributed by atoms with Crippen LogP contribution in [0.2, 0.25) is 0 Å². The van der Waals surface area contributed by atoms with Gasteiger partial charge in [-0.25, -0.2) is 4.79 Å². The highest BCUT2D eigenvalue weighted by molar-refractivity contribution is 5.87. The Hall–Kier alpha value is -1.27. The van der Waals surface area contributed by atoms with Crippen molar-refractivity contribution in [3.63, 3.8) is 0 Å². The van der Waals surface area contributed by atoms with Crippen LogP contribution >= 0.6 is 0 Å². The normalized spacial score (nSPS) is 24.6. The molecule has 1 heterocycles. The number of carboxylic acids is 1. The van der Waals surface area contributed by atoms with Crippen molar-refractivity contribution in [2.75, 3.05) is 6.54 Å². The van der Waals surface area contributed by atoms with Crippen LogP contribution in [0.1, 0.15) is 40.0 Å². The topological polar surface area (TPSA) is 57.6 Å². The van der Waals surface area contributed by atoms with Crippen LogP contribution < -0.4 is 0 Å². The number of likely N-dealkylation sites (tertiary alicyclic amines) is 1. The van der Waals surface area contributed by atoms with Crippen molar-refractivity contribution in [1.29, 1.82) is 0 Å². The maximum Gasteiger partial charge on any atom is 0.394 e. The summed E-state index contributed by atoms with van der Waals surface area (Å²) >= 11 is 0. The van der Waals surface area contributed by atoms with Gasteiger partial charge in [0.05, 0.1) is 5.41 Å². The number of aliphatic carboxylic acids is 1. The fraction of sp³-hybridized carbons (Fsp3) is 0.833. The summed E-state index contributed by atoms with van der Waals surface area (Å²) in [7, 11) is 0. The van der Waals surface area contributed by atoms with Gasteiger partial charge in [0, 0.05) is 13.0 Å². The Bertz CT molecular complexity index is 392. The van der Waals surface area contributed by atoms with Crippen molar-refractivity contribution in [3.05, 3.63) is 0 Å². The van der Waals surface area contributed by atoms with Crippen LogP contribution in [0.25, 0.3) is 0 Å². The van der Waals surface area contributed by atoms with Gasteiger partial charge >= 0.3 is 12.1 Å². The minimum absolute atomic E-state index is 0.190. The standard InChI is InChI=1S/C12H18F3NO3/c1-10(2,12(13,14)15)7-8(17)16-6-4-5-11(16,3)9(18)19/h4-7H2,1-3H3,(H,18,19). The van der Waals surface area contributed by atoms with Crippen molar-refractivity contribution in [3.8, 4) is 0 Å². The highest BCUT2D eigenvalue weighted by Crippen LogP contribution is 2.42. The number of carbonyl (C=O) groups is 2. The van der Waals surface area contributed by atoms with Crippen LogP contribution in [0.15, 0.2) is 0 Å². The highest BCUT2D eigenvalue weighted by Gasteiger charge is 2.52. The third-order valence-electron chi connectivity index (χ3n) is 3.76. The number of nitrogens with zero attached hydrogens (tertiary/aromatic N) is 1. The number of amides is 1. The first kappa shape index (κ1) is 15.8. The molecule has 0 aliphatic carbocycles. The molecular weight excluding hydrogens is 263 g/mol. The number of alkyl halides is 3. The molecule has 1 fully saturated rings. The van der Waals surface area contributed by atoms with E-state index in [1.807, 2.05) is 0 Å². The van der Waals surface area contributed by atoms with E-state index in [0.29, 0.717) is 6.42 Å². The molecule has 0 bridgehead atoms. The van der Waals surface area contributed by atoms with E-state index in [9.17, 15) is 22.8 Å². The first-order chi connectivity index (χ1) is 8.42. The largest absolute Gasteiger partial charge is 0.480 e. The molecule has 1 aliphatic rings. The maximum absolute atomic E-state index is 12.7. The molecule has 1 rings (SSSR count). The summed E-state index contributed by atoms with van der Waals surface area (Å²) in [4.78, 5) is 24.2. The van der Waals surface area contributed by atoms with Crippen molar-refractivity contribution >= 4 is 11.9 Å². The second-order valence-electron chi connectivity index (χ2n) is 5.79. The number of hydrogen-bond acceptors (Lipinski definition) is 2. The molecule has 0 aromatic rings. The summed E-state index contributed by atoms with van der Waals surface area (Å²) in [6, 6.07) is 0. The zero-order valence-electron chi connectivity index (χ0n) is 11.2. The van der Waals surface area contributed by atoms with Crippen molar-refractivity contribution in [2.24, 2.45) is 5.41 Å². The average molecular weight is 281 g/mol. The number of carboxylic acid groups (broad SMARTS) is 1. The second kappa shape index (κ2) is 4.68. The summed E-state index contributed by atoms with van der Waals surface area (Å²) < 4.78 is 38.2. The van der Waals surface area contributed by atoms with E-state index in [2.05, 4.69) is 0 Å². The van der Waals surface area contributed by atoms with Crippen molar-refractivity contribution < 1.29 is 27.9 Å². The quantitative estimate of drug-likeness (QED) is 0.864. The van der Waals surface area contributed by atoms with Gasteiger partial charge in [-0.3, -0.25) is 4.79 Å². The molecule has 1 saturated heterocycles. The molecular formula is C12H18F3NO3. The van der Waals surface area contributed by atoms with Gasteiger partial charge in [-0.15, -0.1) is 0 Å². The van der Waals surface area contributed by atoms with E-state index in [4.69, 9.17) is 5.11 Å². The van der Waals surface area contributed by atoms with Gasteiger partial charge in [0.1, 0.15) is 5.54 Å². The van der Waals surface area contributed by atoms with Gasteiger partial charge in [0.25, 0.3) is 0 Å². The Morgan fingerprint density at radius 1 is 1.32 bits per heavy atom. The van der Waals surface area contributed by atoms with E-state index in [1.165, 1.54) is 6.92 Å². The third kappa shape index (κ3) is 2.84. The van der Waals surface area contributed by atoms with Gasteiger partial charge in [-0.05, 0) is 19.8 Å².